The minimum Gasteiger partial charge on any atom is -0.452 e. The van der Waals surface area contributed by atoms with E-state index in [1.165, 1.54) is 6.07 Å². The minimum absolute atomic E-state index is 0.0769. The molecule has 1 aliphatic rings. The molecule has 0 spiro atoms. The highest BCUT2D eigenvalue weighted by molar-refractivity contribution is 5.95. The van der Waals surface area contributed by atoms with E-state index in [9.17, 15) is 14.4 Å². The Morgan fingerprint density at radius 3 is 2.92 bits per heavy atom. The van der Waals surface area contributed by atoms with Crippen molar-refractivity contribution in [2.75, 3.05) is 13.2 Å². The van der Waals surface area contributed by atoms with Gasteiger partial charge in [-0.15, -0.1) is 0 Å². The highest BCUT2D eigenvalue weighted by atomic mass is 16.5. The van der Waals surface area contributed by atoms with Gasteiger partial charge in [-0.05, 0) is 37.0 Å². The number of nitrogens with zero attached hydrogens (tertiary/aromatic N) is 2. The number of ether oxygens (including phenoxy) is 1. The highest BCUT2D eigenvalue weighted by Crippen LogP contribution is 2.16. The number of aromatic nitrogens is 2. The fraction of sp³-hybridized carbons (Fsp3) is 0.474. The topological polar surface area (TPSA) is 90.3 Å². The predicted molar refractivity (Wildman–Crippen MR) is 97.1 cm³/mol. The average Bonchev–Trinajstić information content (AvgIpc) is 3.07. The number of carbonyl (C=O) groups is 2. The van der Waals surface area contributed by atoms with Gasteiger partial charge in [0.15, 0.2) is 6.61 Å². The van der Waals surface area contributed by atoms with E-state index in [1.54, 1.807) is 16.7 Å². The zero-order valence-corrected chi connectivity index (χ0v) is 15.1. The standard InChI is InChI=1S/C19H23N3O4/c1-12(2)7-8-20-17(23)11-26-19(25)13-5-6-14-15(10-13)21-16-4-3-9-22(16)18(14)24/h5-6,10,12H,3-4,7-9,11H2,1-2H3,(H,20,23). The molecular weight excluding hydrogens is 334 g/mol. The summed E-state index contributed by atoms with van der Waals surface area (Å²) in [5.41, 5.74) is 0.688. The van der Waals surface area contributed by atoms with Gasteiger partial charge >= 0.3 is 5.97 Å². The number of esters is 1. The molecule has 7 heteroatoms. The van der Waals surface area contributed by atoms with Gasteiger partial charge in [0.05, 0.1) is 16.5 Å². The van der Waals surface area contributed by atoms with Crippen molar-refractivity contribution in [2.24, 2.45) is 5.92 Å². The van der Waals surface area contributed by atoms with Crippen molar-refractivity contribution in [1.29, 1.82) is 0 Å². The van der Waals surface area contributed by atoms with Crippen LogP contribution in [0.2, 0.25) is 0 Å². The van der Waals surface area contributed by atoms with Crippen LogP contribution in [0.5, 0.6) is 0 Å². The Bertz CT molecular complexity index is 902. The Morgan fingerprint density at radius 1 is 1.35 bits per heavy atom. The van der Waals surface area contributed by atoms with Gasteiger partial charge < -0.3 is 10.1 Å². The summed E-state index contributed by atoms with van der Waals surface area (Å²) in [5, 5.41) is 3.20. The molecule has 7 nitrogen and oxygen atoms in total. The van der Waals surface area contributed by atoms with Crippen molar-refractivity contribution in [1.82, 2.24) is 14.9 Å². The molecule has 0 aliphatic carbocycles. The molecule has 1 aromatic carbocycles. The highest BCUT2D eigenvalue weighted by Gasteiger charge is 2.17. The van der Waals surface area contributed by atoms with E-state index in [0.717, 1.165) is 25.1 Å². The largest absolute Gasteiger partial charge is 0.452 e. The maximum absolute atomic E-state index is 12.4. The van der Waals surface area contributed by atoms with Gasteiger partial charge in [0, 0.05) is 19.5 Å². The van der Waals surface area contributed by atoms with Crippen molar-refractivity contribution in [3.05, 3.63) is 39.9 Å². The lowest BCUT2D eigenvalue weighted by atomic mass is 10.1. The van der Waals surface area contributed by atoms with Crippen LogP contribution in [0.15, 0.2) is 23.0 Å². The lowest BCUT2D eigenvalue weighted by molar-refractivity contribution is -0.124. The van der Waals surface area contributed by atoms with Crippen LogP contribution in [-0.2, 0) is 22.5 Å². The van der Waals surface area contributed by atoms with Crippen molar-refractivity contribution in [3.63, 3.8) is 0 Å². The molecule has 3 rings (SSSR count). The third kappa shape index (κ3) is 3.92. The monoisotopic (exact) mass is 357 g/mol. The van der Waals surface area contributed by atoms with E-state index in [2.05, 4.69) is 24.1 Å². The summed E-state index contributed by atoms with van der Waals surface area (Å²) >= 11 is 0. The number of rotatable bonds is 6. The maximum Gasteiger partial charge on any atom is 0.338 e. The van der Waals surface area contributed by atoms with Crippen LogP contribution in [0, 0.1) is 5.92 Å². The maximum atomic E-state index is 12.4. The molecule has 0 atom stereocenters. The molecule has 1 aliphatic heterocycles. The molecule has 2 heterocycles. The smallest absolute Gasteiger partial charge is 0.338 e. The normalized spacial score (nSPS) is 13.0. The van der Waals surface area contributed by atoms with Crippen molar-refractivity contribution < 1.29 is 14.3 Å². The van der Waals surface area contributed by atoms with Gasteiger partial charge in [-0.2, -0.15) is 0 Å². The molecule has 2 aromatic rings. The fourth-order valence-corrected chi connectivity index (χ4v) is 2.98. The van der Waals surface area contributed by atoms with E-state index in [0.29, 0.717) is 29.9 Å². The molecule has 0 fully saturated rings. The predicted octanol–water partition coefficient (Wildman–Crippen LogP) is 1.66. The first-order valence-electron chi connectivity index (χ1n) is 8.93. The summed E-state index contributed by atoms with van der Waals surface area (Å²) in [6.45, 7) is 5.06. The van der Waals surface area contributed by atoms with E-state index in [-0.39, 0.29) is 23.6 Å². The molecule has 1 N–H and O–H groups in total. The van der Waals surface area contributed by atoms with E-state index in [4.69, 9.17) is 4.74 Å². The number of carbonyl (C=O) groups excluding carboxylic acids is 2. The second kappa shape index (κ2) is 7.68. The number of fused-ring (bicyclic) bond motifs is 2. The Morgan fingerprint density at radius 2 is 2.15 bits per heavy atom. The molecule has 0 saturated carbocycles. The molecule has 1 amide bonds. The fourth-order valence-electron chi connectivity index (χ4n) is 2.98. The second-order valence-electron chi connectivity index (χ2n) is 6.93. The zero-order valence-electron chi connectivity index (χ0n) is 15.1. The molecule has 1 aromatic heterocycles. The third-order valence-corrected chi connectivity index (χ3v) is 4.43. The van der Waals surface area contributed by atoms with Crippen molar-refractivity contribution >= 4 is 22.8 Å². The van der Waals surface area contributed by atoms with Gasteiger partial charge in [-0.25, -0.2) is 9.78 Å². The van der Waals surface area contributed by atoms with Gasteiger partial charge in [0.25, 0.3) is 11.5 Å². The minimum atomic E-state index is -0.603. The Balaban J connectivity index is 1.66. The number of benzene rings is 1. The average molecular weight is 357 g/mol. The van der Waals surface area contributed by atoms with Crippen LogP contribution >= 0.6 is 0 Å². The van der Waals surface area contributed by atoms with Crippen LogP contribution < -0.4 is 10.9 Å². The molecule has 0 radical (unpaired) electrons. The summed E-state index contributed by atoms with van der Waals surface area (Å²) < 4.78 is 6.74. The van der Waals surface area contributed by atoms with Gasteiger partial charge in [0.2, 0.25) is 0 Å². The lowest BCUT2D eigenvalue weighted by Gasteiger charge is -2.09. The van der Waals surface area contributed by atoms with Crippen LogP contribution in [-0.4, -0.2) is 34.6 Å². The van der Waals surface area contributed by atoms with Crippen molar-refractivity contribution in [2.45, 2.75) is 39.7 Å². The van der Waals surface area contributed by atoms with Gasteiger partial charge in [-0.1, -0.05) is 13.8 Å². The molecule has 138 valence electrons. The molecule has 0 unspecified atom stereocenters. The van der Waals surface area contributed by atoms with E-state index >= 15 is 0 Å². The Hall–Kier alpha value is -2.70. The zero-order chi connectivity index (χ0) is 18.7. The quantitative estimate of drug-likeness (QED) is 0.794. The number of hydrogen-bond acceptors (Lipinski definition) is 5. The van der Waals surface area contributed by atoms with Crippen LogP contribution in [0.3, 0.4) is 0 Å². The Kier molecular flexibility index (Phi) is 5.35. The summed E-state index contributed by atoms with van der Waals surface area (Å²) in [7, 11) is 0. The first kappa shape index (κ1) is 18.1. The summed E-state index contributed by atoms with van der Waals surface area (Å²) in [5.74, 6) is 0.313. The second-order valence-corrected chi connectivity index (χ2v) is 6.93. The SMILES string of the molecule is CC(C)CCNC(=O)COC(=O)c1ccc2c(=O)n3c(nc2c1)CCC3. The Labute approximate surface area is 151 Å². The summed E-state index contributed by atoms with van der Waals surface area (Å²) in [6, 6.07) is 4.68. The van der Waals surface area contributed by atoms with Crippen LogP contribution in [0.1, 0.15) is 42.9 Å². The van der Waals surface area contributed by atoms with Crippen LogP contribution in [0.4, 0.5) is 0 Å². The number of amides is 1. The molecule has 26 heavy (non-hydrogen) atoms. The molecule has 0 bridgehead atoms. The first-order chi connectivity index (χ1) is 12.5. The van der Waals surface area contributed by atoms with E-state index in [1.807, 2.05) is 0 Å². The number of nitrogens with one attached hydrogen (secondary N) is 1. The number of aryl methyl sites for hydroxylation is 1. The summed E-state index contributed by atoms with van der Waals surface area (Å²) in [6.07, 6.45) is 2.53. The molecule has 0 saturated heterocycles. The first-order valence-corrected chi connectivity index (χ1v) is 8.93. The third-order valence-electron chi connectivity index (χ3n) is 4.43. The lowest BCUT2D eigenvalue weighted by Crippen LogP contribution is -2.30. The van der Waals surface area contributed by atoms with E-state index < -0.39 is 5.97 Å². The van der Waals surface area contributed by atoms with Crippen LogP contribution in [0.25, 0.3) is 10.9 Å². The molecular formula is C19H23N3O4. The van der Waals surface area contributed by atoms with Gasteiger partial charge in [0.1, 0.15) is 5.82 Å². The van der Waals surface area contributed by atoms with Crippen molar-refractivity contribution in [3.8, 4) is 0 Å². The number of hydrogen-bond donors (Lipinski definition) is 1. The van der Waals surface area contributed by atoms with Gasteiger partial charge in [-0.3, -0.25) is 14.2 Å². The summed E-state index contributed by atoms with van der Waals surface area (Å²) in [4.78, 5) is 40.8.